The van der Waals surface area contributed by atoms with E-state index in [-0.39, 0.29) is 40.9 Å². The second-order valence-electron chi connectivity index (χ2n) is 21.2. The van der Waals surface area contributed by atoms with Crippen molar-refractivity contribution in [1.29, 1.82) is 0 Å². The molecule has 8 aromatic rings. The van der Waals surface area contributed by atoms with E-state index >= 15 is 0 Å². The molecule has 0 atom stereocenters. The Morgan fingerprint density at radius 3 is 0.431 bits per heavy atom. The summed E-state index contributed by atoms with van der Waals surface area (Å²) in [4.78, 5) is 105. The number of para-hydroxylation sites is 8. The fourth-order valence-corrected chi connectivity index (χ4v) is 9.50. The first-order chi connectivity index (χ1) is 55.7. The van der Waals surface area contributed by atoms with Crippen LogP contribution in [-0.4, -0.2) is 166 Å². The normalized spacial score (nSPS) is 9.38. The van der Waals surface area contributed by atoms with Crippen LogP contribution in [0, 0.1) is 0 Å². The van der Waals surface area contributed by atoms with Crippen molar-refractivity contribution in [3.63, 3.8) is 0 Å². The lowest BCUT2D eigenvalue weighted by molar-refractivity contribution is 0.176. The molecule has 4 heterocycles. The molecule has 8 rings (SSSR count). The van der Waals surface area contributed by atoms with E-state index in [1.54, 1.807) is 97.1 Å². The molecule has 0 saturated heterocycles. The van der Waals surface area contributed by atoms with Crippen LogP contribution in [0.2, 0.25) is 0 Å². The van der Waals surface area contributed by atoms with Crippen molar-refractivity contribution in [3.8, 4) is 0 Å². The number of anilines is 8. The summed E-state index contributed by atoms with van der Waals surface area (Å²) < 4.78 is 35.5. The molecule has 0 aliphatic heterocycles. The number of amides is 8. The van der Waals surface area contributed by atoms with Crippen LogP contribution in [0.1, 0.15) is 22.3 Å². The summed E-state index contributed by atoms with van der Waals surface area (Å²) >= 11 is 39.7. The van der Waals surface area contributed by atoms with Gasteiger partial charge in [-0.3, -0.25) is 62.5 Å². The topological polar surface area (TPSA) is 454 Å². The van der Waals surface area contributed by atoms with Crippen molar-refractivity contribution in [1.82, 2.24) is 62.5 Å². The minimum atomic E-state index is -0.689. The molecule has 8 amide bonds. The molecule has 44 heteroatoms. The summed E-state index contributed by atoms with van der Waals surface area (Å²) in [7, 11) is 9.81. The number of hydrogen-bond acceptors (Lipinski definition) is 28. The maximum Gasteiger partial charge on any atom is 0.413 e. The van der Waals surface area contributed by atoms with Gasteiger partial charge in [-0.1, -0.05) is 48.5 Å². The maximum absolute atomic E-state index is 11.1. The summed E-state index contributed by atoms with van der Waals surface area (Å²) in [6, 6.07) is 44.1. The number of pyridine rings is 4. The second-order valence-corrected chi connectivity index (χ2v) is 24.4. The molecule has 612 valence electrons. The molecule has 0 saturated carbocycles. The predicted octanol–water partition coefficient (Wildman–Crippen LogP) is 11.7. The fraction of sp³-hybridized carbons (Fsp3) is 0.167. The largest absolute Gasteiger partial charge is 0.453 e. The van der Waals surface area contributed by atoms with Gasteiger partial charge >= 0.3 is 48.7 Å². The van der Waals surface area contributed by atoms with E-state index in [0.29, 0.717) is 45.5 Å². The summed E-state index contributed by atoms with van der Waals surface area (Å²) in [5.41, 5.74) is 9.64. The maximum atomic E-state index is 11.1. The van der Waals surface area contributed by atoms with Crippen LogP contribution in [0.25, 0.3) is 0 Å². The number of carbonyl (C=O) groups is 8. The van der Waals surface area contributed by atoms with Gasteiger partial charge in [-0.25, -0.2) is 38.4 Å². The Bertz CT molecular complexity index is 3830. The van der Waals surface area contributed by atoms with Gasteiger partial charge in [0.1, 0.15) is 0 Å². The Balaban J connectivity index is 0.000000363. The van der Waals surface area contributed by atoms with E-state index in [0.717, 1.165) is 25.7 Å². The number of nitrogens with one attached hydrogen (secondary N) is 16. The van der Waals surface area contributed by atoms with Crippen LogP contribution in [0.15, 0.2) is 195 Å². The third kappa shape index (κ3) is 43.0. The number of alkyl carbamates (subject to hydrolysis) is 8. The van der Waals surface area contributed by atoms with E-state index < -0.39 is 48.7 Å². The summed E-state index contributed by atoms with van der Waals surface area (Å²) in [6.45, 7) is 0. The molecule has 0 aliphatic carbocycles. The lowest BCUT2D eigenvalue weighted by Crippen LogP contribution is -2.35. The monoisotopic (exact) mass is 1740 g/mol. The minimum absolute atomic E-state index is 0.0490. The Morgan fingerprint density at radius 1 is 0.216 bits per heavy atom. The molecular weight excluding hydrogens is 1660 g/mol. The highest BCUT2D eigenvalue weighted by molar-refractivity contribution is 7.82. The zero-order valence-electron chi connectivity index (χ0n) is 62.9. The van der Waals surface area contributed by atoms with Crippen LogP contribution in [0.5, 0.6) is 0 Å². The third-order valence-corrected chi connectivity index (χ3v) is 14.9. The van der Waals surface area contributed by atoms with Gasteiger partial charge in [0.15, 0.2) is 40.9 Å². The molecule has 0 spiro atoms. The van der Waals surface area contributed by atoms with Crippen molar-refractivity contribution in [3.05, 3.63) is 217 Å². The average molecular weight is 1740 g/mol. The molecule has 0 aliphatic rings. The highest BCUT2D eigenvalue weighted by Crippen LogP contribution is 2.24. The highest BCUT2D eigenvalue weighted by Gasteiger charge is 2.15. The van der Waals surface area contributed by atoms with Crippen molar-refractivity contribution >= 4 is 233 Å². The van der Waals surface area contributed by atoms with Crippen molar-refractivity contribution in [2.24, 2.45) is 0 Å². The fourth-order valence-electron chi connectivity index (χ4n) is 7.96. The van der Waals surface area contributed by atoms with Gasteiger partial charge in [0.25, 0.3) is 0 Å². The first-order valence-electron chi connectivity index (χ1n) is 32.9. The van der Waals surface area contributed by atoms with E-state index in [1.807, 2.05) is 49.6 Å². The molecule has 116 heavy (non-hydrogen) atoms. The number of ether oxygens (including phenoxy) is 8. The molecule has 0 bridgehead atoms. The van der Waals surface area contributed by atoms with Gasteiger partial charge in [0, 0.05) is 49.6 Å². The predicted molar refractivity (Wildman–Crippen MR) is 472 cm³/mol. The van der Waals surface area contributed by atoms with Gasteiger partial charge in [0.05, 0.1) is 102 Å². The van der Waals surface area contributed by atoms with Gasteiger partial charge in [-0.15, -0.1) is 0 Å². The van der Waals surface area contributed by atoms with Crippen LogP contribution in [-0.2, 0) is 63.6 Å². The minimum Gasteiger partial charge on any atom is -0.453 e. The lowest BCUT2D eigenvalue weighted by Gasteiger charge is -2.15. The molecule has 0 fully saturated rings. The van der Waals surface area contributed by atoms with Crippen LogP contribution in [0.4, 0.5) is 83.9 Å². The zero-order chi connectivity index (χ0) is 85.4. The molecule has 4 aromatic heterocycles. The number of carbonyl (C=O) groups excluding carboxylic acids is 8. The number of thiocarbonyl (C=S) groups is 8. The average Bonchev–Trinajstić information content (AvgIpc) is 0.880. The summed E-state index contributed by atoms with van der Waals surface area (Å²) in [6.07, 6.45) is 13.4. The van der Waals surface area contributed by atoms with E-state index in [4.69, 9.17) is 97.7 Å². The first kappa shape index (κ1) is 97.0. The number of aromatic nitrogens is 4. The van der Waals surface area contributed by atoms with Gasteiger partial charge < -0.3 is 80.4 Å². The Labute approximate surface area is 709 Å². The smallest absolute Gasteiger partial charge is 0.413 e. The lowest BCUT2D eigenvalue weighted by atomic mass is 10.1. The van der Waals surface area contributed by atoms with Gasteiger partial charge in [-0.05, 0) is 243 Å². The molecule has 36 nitrogen and oxygen atoms in total. The molecule has 0 unspecified atom stereocenters. The van der Waals surface area contributed by atoms with Crippen LogP contribution >= 0.6 is 97.7 Å². The van der Waals surface area contributed by atoms with E-state index in [9.17, 15) is 38.4 Å². The molecular formula is C72H80N20O16S8. The molecule has 0 radical (unpaired) electrons. The van der Waals surface area contributed by atoms with Crippen LogP contribution < -0.4 is 85.1 Å². The Hall–Kier alpha value is -13.2. The number of rotatable bonds is 14. The van der Waals surface area contributed by atoms with E-state index in [2.05, 4.69) is 191 Å². The number of hydrogen-bond donors (Lipinski definition) is 16. The first-order valence-corrected chi connectivity index (χ1v) is 36.2. The van der Waals surface area contributed by atoms with Crippen molar-refractivity contribution in [2.45, 2.75) is 25.7 Å². The van der Waals surface area contributed by atoms with Gasteiger partial charge in [0.2, 0.25) is 0 Å². The summed E-state index contributed by atoms with van der Waals surface area (Å²) in [5, 5.41) is 41.3. The number of methoxy groups -OCH3 is 8. The Morgan fingerprint density at radius 2 is 0.328 bits per heavy atom. The quantitative estimate of drug-likeness (QED) is 0.0355. The summed E-state index contributed by atoms with van der Waals surface area (Å²) in [5.74, 6) is 0. The standard InChI is InChI=1S/4C12H14N4O4S2.2C12H12N2/c4*1-19-11(17)15-9(21)13-7-5-3-4-6-8(7)14-10(22)16-12(18)20-2;2*1(11-3-7-13-8-4-11)2-12-5-9-14-10-6-12/h4*3-6H,1-2H3,(H2,13,15,17,21)(H2,14,16,18,22);2*3-10H,1-2H2. The molecule has 16 N–H and O–H groups in total. The highest BCUT2D eigenvalue weighted by atomic mass is 32.1. The number of nitrogens with zero attached hydrogens (tertiary/aromatic N) is 4. The van der Waals surface area contributed by atoms with Crippen LogP contribution in [0.3, 0.4) is 0 Å². The molecule has 4 aromatic carbocycles. The van der Waals surface area contributed by atoms with Crippen molar-refractivity contribution in [2.75, 3.05) is 99.4 Å². The zero-order valence-corrected chi connectivity index (χ0v) is 69.4. The SMILES string of the molecule is COC(=O)NC(=S)Nc1ccccc1NC(=S)NC(=O)OC.COC(=O)NC(=S)Nc1ccccc1NC(=S)NC(=O)OC.COC(=O)NC(=S)Nc1ccccc1NC(=S)NC(=O)OC.COC(=O)NC(=S)Nc1ccccc1NC(=S)NC(=O)OC.c1cc(CCc2ccncc2)ccn1.c1cc(CCc2ccncc2)ccn1. The number of benzene rings is 4. The Kier molecular flexibility index (Phi) is 47.6. The second kappa shape index (κ2) is 56.9. The van der Waals surface area contributed by atoms with Gasteiger partial charge in [-0.2, -0.15) is 0 Å². The number of aryl methyl sites for hydroxylation is 4. The van der Waals surface area contributed by atoms with E-state index in [1.165, 1.54) is 79.1 Å². The third-order valence-electron chi connectivity index (χ3n) is 13.3. The van der Waals surface area contributed by atoms with Crippen molar-refractivity contribution < 1.29 is 76.3 Å².